The second-order valence-corrected chi connectivity index (χ2v) is 4.07. The molecule has 3 N–H and O–H groups in total. The zero-order valence-corrected chi connectivity index (χ0v) is 9.63. The Hall–Kier alpha value is -1.00. The van der Waals surface area contributed by atoms with Crippen LogP contribution >= 0.6 is 0 Å². The minimum Gasteiger partial charge on any atom is -0.328 e. The summed E-state index contributed by atoms with van der Waals surface area (Å²) >= 11 is 0. The molecule has 0 radical (unpaired) electrons. The number of nitrogens with one attached hydrogen (secondary N) is 1. The van der Waals surface area contributed by atoms with E-state index in [9.17, 15) is 8.78 Å². The molecule has 90 valence electrons. The van der Waals surface area contributed by atoms with Gasteiger partial charge >= 0.3 is 0 Å². The monoisotopic (exact) mass is 228 g/mol. The fourth-order valence-electron chi connectivity index (χ4n) is 1.64. The highest BCUT2D eigenvalue weighted by Gasteiger charge is 2.12. The van der Waals surface area contributed by atoms with E-state index in [0.29, 0.717) is 0 Å². The van der Waals surface area contributed by atoms with Gasteiger partial charge in [-0.05, 0) is 44.5 Å². The van der Waals surface area contributed by atoms with E-state index in [1.807, 2.05) is 6.92 Å². The van der Waals surface area contributed by atoms with E-state index in [2.05, 4.69) is 5.32 Å². The van der Waals surface area contributed by atoms with Crippen LogP contribution in [0.1, 0.15) is 31.4 Å². The molecule has 0 aliphatic rings. The van der Waals surface area contributed by atoms with Crippen molar-refractivity contribution in [3.8, 4) is 0 Å². The first-order chi connectivity index (χ1) is 7.54. The number of halogens is 2. The minimum absolute atomic E-state index is 0.0149. The molecule has 0 fully saturated rings. The first-order valence-corrected chi connectivity index (χ1v) is 5.42. The van der Waals surface area contributed by atoms with Crippen molar-refractivity contribution in [3.63, 3.8) is 0 Å². The van der Waals surface area contributed by atoms with E-state index in [4.69, 9.17) is 5.73 Å². The Bertz CT molecular complexity index is 340. The Morgan fingerprint density at radius 1 is 1.25 bits per heavy atom. The summed E-state index contributed by atoms with van der Waals surface area (Å²) in [4.78, 5) is 0. The van der Waals surface area contributed by atoms with Gasteiger partial charge in [0.15, 0.2) is 11.6 Å². The predicted octanol–water partition coefficient (Wildman–Crippen LogP) is 2.35. The summed E-state index contributed by atoms with van der Waals surface area (Å²) in [6.07, 6.45) is 1.64. The summed E-state index contributed by atoms with van der Waals surface area (Å²) in [5.41, 5.74) is 6.42. The van der Waals surface area contributed by atoms with Crippen molar-refractivity contribution < 1.29 is 8.78 Å². The van der Waals surface area contributed by atoms with Gasteiger partial charge in [0.25, 0.3) is 0 Å². The van der Waals surface area contributed by atoms with Crippen molar-refractivity contribution in [2.24, 2.45) is 5.73 Å². The molecule has 0 aromatic heterocycles. The van der Waals surface area contributed by atoms with Crippen LogP contribution in [0.3, 0.4) is 0 Å². The summed E-state index contributed by atoms with van der Waals surface area (Å²) in [5.74, 6) is -1.62. The zero-order chi connectivity index (χ0) is 12.1. The van der Waals surface area contributed by atoms with Gasteiger partial charge in [0.1, 0.15) is 0 Å². The SMILES string of the molecule is CNC(CCC(C)N)c1ccc(F)c(F)c1. The van der Waals surface area contributed by atoms with E-state index in [0.717, 1.165) is 24.5 Å². The average molecular weight is 228 g/mol. The number of hydrogen-bond acceptors (Lipinski definition) is 2. The van der Waals surface area contributed by atoms with Gasteiger partial charge in [-0.25, -0.2) is 8.78 Å². The molecule has 1 aromatic carbocycles. The summed E-state index contributed by atoms with van der Waals surface area (Å²) in [5, 5.41) is 3.08. The fourth-order valence-corrected chi connectivity index (χ4v) is 1.64. The van der Waals surface area contributed by atoms with E-state index in [1.165, 1.54) is 6.07 Å². The summed E-state index contributed by atoms with van der Waals surface area (Å²) < 4.78 is 25.8. The molecule has 0 amide bonds. The van der Waals surface area contributed by atoms with Crippen LogP contribution in [-0.2, 0) is 0 Å². The fraction of sp³-hybridized carbons (Fsp3) is 0.500. The largest absolute Gasteiger partial charge is 0.328 e. The highest BCUT2D eigenvalue weighted by Crippen LogP contribution is 2.20. The first-order valence-electron chi connectivity index (χ1n) is 5.42. The summed E-state index contributed by atoms with van der Waals surface area (Å²) in [6.45, 7) is 1.93. The molecule has 16 heavy (non-hydrogen) atoms. The number of hydrogen-bond donors (Lipinski definition) is 2. The Kier molecular flexibility index (Phi) is 4.83. The highest BCUT2D eigenvalue weighted by atomic mass is 19.2. The molecule has 0 saturated heterocycles. The third-order valence-electron chi connectivity index (χ3n) is 2.61. The maximum atomic E-state index is 13.0. The van der Waals surface area contributed by atoms with E-state index in [-0.39, 0.29) is 12.1 Å². The van der Waals surface area contributed by atoms with Gasteiger partial charge in [-0.15, -0.1) is 0 Å². The van der Waals surface area contributed by atoms with Crippen molar-refractivity contribution in [2.75, 3.05) is 7.05 Å². The topological polar surface area (TPSA) is 38.0 Å². The van der Waals surface area contributed by atoms with Crippen molar-refractivity contribution in [2.45, 2.75) is 31.8 Å². The smallest absolute Gasteiger partial charge is 0.159 e. The number of rotatable bonds is 5. The molecule has 4 heteroatoms. The lowest BCUT2D eigenvalue weighted by Crippen LogP contribution is -2.21. The van der Waals surface area contributed by atoms with Crippen LogP contribution in [0.25, 0.3) is 0 Å². The molecule has 2 unspecified atom stereocenters. The maximum Gasteiger partial charge on any atom is 0.159 e. The van der Waals surface area contributed by atoms with Crippen molar-refractivity contribution in [1.29, 1.82) is 0 Å². The predicted molar refractivity (Wildman–Crippen MR) is 61.0 cm³/mol. The molecule has 0 aliphatic carbocycles. The molecule has 0 saturated carbocycles. The van der Waals surface area contributed by atoms with Crippen molar-refractivity contribution in [1.82, 2.24) is 5.32 Å². The molecule has 2 nitrogen and oxygen atoms in total. The Morgan fingerprint density at radius 2 is 1.94 bits per heavy atom. The lowest BCUT2D eigenvalue weighted by Gasteiger charge is -2.17. The van der Waals surface area contributed by atoms with Gasteiger partial charge in [-0.3, -0.25) is 0 Å². The Morgan fingerprint density at radius 3 is 2.44 bits per heavy atom. The molecule has 0 aliphatic heterocycles. The molecular formula is C12H18F2N2. The number of nitrogens with two attached hydrogens (primary N) is 1. The Labute approximate surface area is 94.8 Å². The quantitative estimate of drug-likeness (QED) is 0.812. The molecule has 2 atom stereocenters. The molecule has 0 spiro atoms. The van der Waals surface area contributed by atoms with Crippen LogP contribution in [0.15, 0.2) is 18.2 Å². The molecule has 1 aromatic rings. The third kappa shape index (κ3) is 3.54. The lowest BCUT2D eigenvalue weighted by molar-refractivity contribution is 0.480. The molecule has 0 bridgehead atoms. The summed E-state index contributed by atoms with van der Waals surface area (Å²) in [7, 11) is 1.80. The maximum absolute atomic E-state index is 13.0. The van der Waals surface area contributed by atoms with E-state index < -0.39 is 11.6 Å². The standard InChI is InChI=1S/C12H18F2N2/c1-8(15)3-6-12(16-2)9-4-5-10(13)11(14)7-9/h4-5,7-8,12,16H,3,6,15H2,1-2H3. The van der Waals surface area contributed by atoms with Crippen LogP contribution in [0, 0.1) is 11.6 Å². The molecule has 0 heterocycles. The third-order valence-corrected chi connectivity index (χ3v) is 2.61. The highest BCUT2D eigenvalue weighted by molar-refractivity contribution is 5.21. The van der Waals surface area contributed by atoms with Gasteiger partial charge in [-0.1, -0.05) is 6.07 Å². The normalized spacial score (nSPS) is 14.8. The molecular weight excluding hydrogens is 210 g/mol. The zero-order valence-electron chi connectivity index (χ0n) is 9.63. The summed E-state index contributed by atoms with van der Waals surface area (Å²) in [6, 6.07) is 4.11. The van der Waals surface area contributed by atoms with Crippen LogP contribution in [0.4, 0.5) is 8.78 Å². The van der Waals surface area contributed by atoms with Crippen LogP contribution in [0.5, 0.6) is 0 Å². The van der Waals surface area contributed by atoms with Gasteiger partial charge in [-0.2, -0.15) is 0 Å². The second kappa shape index (κ2) is 5.92. The minimum atomic E-state index is -0.814. The average Bonchev–Trinajstić information content (AvgIpc) is 2.23. The van der Waals surface area contributed by atoms with Gasteiger partial charge in [0.05, 0.1) is 0 Å². The van der Waals surface area contributed by atoms with Crippen molar-refractivity contribution >= 4 is 0 Å². The molecule has 1 rings (SSSR count). The van der Waals surface area contributed by atoms with Crippen molar-refractivity contribution in [3.05, 3.63) is 35.4 Å². The van der Waals surface area contributed by atoms with Crippen LogP contribution in [0.2, 0.25) is 0 Å². The number of benzene rings is 1. The van der Waals surface area contributed by atoms with Gasteiger partial charge in [0, 0.05) is 12.1 Å². The Balaban J connectivity index is 2.74. The van der Waals surface area contributed by atoms with E-state index in [1.54, 1.807) is 13.1 Å². The van der Waals surface area contributed by atoms with Crippen LogP contribution in [-0.4, -0.2) is 13.1 Å². The second-order valence-electron chi connectivity index (χ2n) is 4.07. The van der Waals surface area contributed by atoms with Gasteiger partial charge < -0.3 is 11.1 Å². The first kappa shape index (κ1) is 13.1. The van der Waals surface area contributed by atoms with Gasteiger partial charge in [0.2, 0.25) is 0 Å². The van der Waals surface area contributed by atoms with E-state index >= 15 is 0 Å². The lowest BCUT2D eigenvalue weighted by atomic mass is 10.00. The van der Waals surface area contributed by atoms with Crippen LogP contribution < -0.4 is 11.1 Å².